The summed E-state index contributed by atoms with van der Waals surface area (Å²) in [5.41, 5.74) is -2.40. The first-order valence-corrected chi connectivity index (χ1v) is 14.0. The Kier molecular flexibility index (Phi) is 7.56. The largest absolute Gasteiger partial charge is 0.480 e. The number of amides is 2. The third-order valence-corrected chi connectivity index (χ3v) is 8.27. The van der Waals surface area contributed by atoms with Crippen LogP contribution >= 0.6 is 0 Å². The summed E-state index contributed by atoms with van der Waals surface area (Å²) in [5, 5.41) is 25.2. The van der Waals surface area contributed by atoms with E-state index < -0.39 is 57.9 Å². The lowest BCUT2D eigenvalue weighted by atomic mass is 9.76. The van der Waals surface area contributed by atoms with Crippen LogP contribution in [0.15, 0.2) is 103 Å². The molecule has 46 heavy (non-hydrogen) atoms. The number of fused-ring (bicyclic) bond motifs is 1. The topological polar surface area (TPSA) is 139 Å². The van der Waals surface area contributed by atoms with Crippen molar-refractivity contribution in [2.75, 3.05) is 4.90 Å². The molecule has 2 N–H and O–H groups in total. The number of rotatable bonds is 8. The Morgan fingerprint density at radius 2 is 1.59 bits per heavy atom. The monoisotopic (exact) mass is 631 g/mol. The maximum absolute atomic E-state index is 14.1. The molecule has 0 saturated carbocycles. The standard InChI is InChI=1S/C33H24F3N3O7/c34-33(35,36)21-10-5-14-25(16-21)46-24-13-4-9-20(15-24)28-26-27(32(37-28,31(42)43)18-19-7-2-1-3-8-19)30(41)38(29(26)40)22-11-6-12-23(17-22)39(44)45/h1-17,26-28,37H,18H2,(H,42,43). The van der Waals surface area contributed by atoms with Gasteiger partial charge < -0.3 is 9.84 Å². The second-order valence-corrected chi connectivity index (χ2v) is 11.1. The van der Waals surface area contributed by atoms with E-state index in [0.29, 0.717) is 11.1 Å². The Morgan fingerprint density at radius 1 is 0.913 bits per heavy atom. The van der Waals surface area contributed by atoms with Crippen molar-refractivity contribution in [1.29, 1.82) is 0 Å². The van der Waals surface area contributed by atoms with Crippen LogP contribution in [0.5, 0.6) is 11.5 Å². The van der Waals surface area contributed by atoms with E-state index in [1.807, 2.05) is 0 Å². The van der Waals surface area contributed by atoms with Crippen molar-refractivity contribution in [3.8, 4) is 11.5 Å². The van der Waals surface area contributed by atoms with Crippen LogP contribution in [0.1, 0.15) is 22.7 Å². The number of carbonyl (C=O) groups is 3. The minimum atomic E-state index is -4.59. The van der Waals surface area contributed by atoms with Gasteiger partial charge >= 0.3 is 12.1 Å². The first-order chi connectivity index (χ1) is 21.9. The van der Waals surface area contributed by atoms with Crippen LogP contribution in [0.2, 0.25) is 0 Å². The molecule has 2 amide bonds. The number of anilines is 1. The summed E-state index contributed by atoms with van der Waals surface area (Å²) in [4.78, 5) is 52.9. The molecule has 234 valence electrons. The predicted molar refractivity (Wildman–Crippen MR) is 157 cm³/mol. The van der Waals surface area contributed by atoms with Gasteiger partial charge in [-0.05, 0) is 47.5 Å². The number of ether oxygens (including phenoxy) is 1. The number of halogens is 3. The second kappa shape index (κ2) is 11.4. The maximum atomic E-state index is 14.1. The highest BCUT2D eigenvalue weighted by atomic mass is 19.4. The van der Waals surface area contributed by atoms with Gasteiger partial charge in [-0.25, -0.2) is 4.90 Å². The Bertz CT molecular complexity index is 1870. The fraction of sp³-hybridized carbons (Fsp3) is 0.182. The molecule has 2 aliphatic rings. The number of carboxylic acid groups (broad SMARTS) is 1. The molecule has 0 spiro atoms. The van der Waals surface area contributed by atoms with Gasteiger partial charge in [0, 0.05) is 24.6 Å². The molecule has 2 fully saturated rings. The SMILES string of the molecule is O=C1C2C(c3cccc(Oc4cccc(C(F)(F)F)c4)c3)NC(Cc3ccccc3)(C(=O)O)C2C(=O)N1c1cccc([N+](=O)[O-])c1. The zero-order chi connectivity index (χ0) is 32.8. The number of alkyl halides is 3. The first kappa shape index (κ1) is 30.5. The van der Waals surface area contributed by atoms with E-state index in [0.717, 1.165) is 23.1 Å². The van der Waals surface area contributed by atoms with Crippen molar-refractivity contribution in [3.05, 3.63) is 130 Å². The van der Waals surface area contributed by atoms with Crippen LogP contribution in [0.3, 0.4) is 0 Å². The summed E-state index contributed by atoms with van der Waals surface area (Å²) in [7, 11) is 0. The van der Waals surface area contributed by atoms with Crippen molar-refractivity contribution in [1.82, 2.24) is 5.32 Å². The molecule has 4 atom stereocenters. The van der Waals surface area contributed by atoms with Crippen molar-refractivity contribution in [2.45, 2.75) is 24.2 Å². The molecule has 2 aliphatic heterocycles. The summed E-state index contributed by atoms with van der Waals surface area (Å²) in [6, 6.07) is 22.8. The van der Waals surface area contributed by atoms with Gasteiger partial charge in [0.15, 0.2) is 0 Å². The highest BCUT2D eigenvalue weighted by Crippen LogP contribution is 2.51. The third-order valence-electron chi connectivity index (χ3n) is 8.27. The van der Waals surface area contributed by atoms with Crippen molar-refractivity contribution < 1.29 is 42.3 Å². The number of nitrogens with one attached hydrogen (secondary N) is 1. The van der Waals surface area contributed by atoms with Crippen LogP contribution in [-0.4, -0.2) is 33.4 Å². The van der Waals surface area contributed by atoms with Crippen LogP contribution in [-0.2, 0) is 27.0 Å². The number of hydrogen-bond acceptors (Lipinski definition) is 7. The lowest BCUT2D eigenvalue weighted by Gasteiger charge is -2.31. The number of nitro groups is 1. The predicted octanol–water partition coefficient (Wildman–Crippen LogP) is 5.92. The quantitative estimate of drug-likeness (QED) is 0.139. The Labute approximate surface area is 259 Å². The maximum Gasteiger partial charge on any atom is 0.416 e. The highest BCUT2D eigenvalue weighted by Gasteiger charge is 2.68. The number of carboxylic acids is 1. The summed E-state index contributed by atoms with van der Waals surface area (Å²) in [6.45, 7) is 0. The van der Waals surface area contributed by atoms with Gasteiger partial charge in [-0.3, -0.25) is 29.8 Å². The molecule has 2 saturated heterocycles. The van der Waals surface area contributed by atoms with Gasteiger partial charge in [0.25, 0.3) is 5.69 Å². The fourth-order valence-corrected chi connectivity index (χ4v) is 6.29. The Morgan fingerprint density at radius 3 is 2.26 bits per heavy atom. The average Bonchev–Trinajstić information content (AvgIpc) is 3.51. The Hall–Kier alpha value is -5.56. The molecule has 2 heterocycles. The van der Waals surface area contributed by atoms with Crippen molar-refractivity contribution >= 4 is 29.2 Å². The molecule has 0 aromatic heterocycles. The van der Waals surface area contributed by atoms with Gasteiger partial charge in [0.1, 0.15) is 17.0 Å². The molecule has 0 bridgehead atoms. The minimum Gasteiger partial charge on any atom is -0.480 e. The van der Waals surface area contributed by atoms with Gasteiger partial charge in [0.2, 0.25) is 11.8 Å². The number of nitrogens with zero attached hydrogens (tertiary/aromatic N) is 2. The Balaban J connectivity index is 1.43. The fourth-order valence-electron chi connectivity index (χ4n) is 6.29. The molecule has 4 aromatic rings. The van der Waals surface area contributed by atoms with Gasteiger partial charge in [-0.1, -0.05) is 54.6 Å². The summed E-state index contributed by atoms with van der Waals surface area (Å²) >= 11 is 0. The van der Waals surface area contributed by atoms with E-state index in [1.165, 1.54) is 48.5 Å². The van der Waals surface area contributed by atoms with Crippen LogP contribution < -0.4 is 15.0 Å². The van der Waals surface area contributed by atoms with Crippen LogP contribution in [0.25, 0.3) is 0 Å². The van der Waals surface area contributed by atoms with Gasteiger partial charge in [-0.2, -0.15) is 13.2 Å². The number of nitro benzene ring substituents is 1. The van der Waals surface area contributed by atoms with Crippen molar-refractivity contribution in [2.24, 2.45) is 11.8 Å². The zero-order valence-corrected chi connectivity index (χ0v) is 23.7. The van der Waals surface area contributed by atoms with Crippen LogP contribution in [0, 0.1) is 22.0 Å². The molecule has 4 aromatic carbocycles. The van der Waals surface area contributed by atoms with E-state index in [-0.39, 0.29) is 29.3 Å². The highest BCUT2D eigenvalue weighted by molar-refractivity contribution is 6.24. The number of hydrogen-bond donors (Lipinski definition) is 2. The van der Waals surface area contributed by atoms with Gasteiger partial charge in [-0.15, -0.1) is 0 Å². The normalized spacial score (nSPS) is 22.5. The van der Waals surface area contributed by atoms with E-state index in [2.05, 4.69) is 5.32 Å². The third kappa shape index (κ3) is 5.34. The lowest BCUT2D eigenvalue weighted by Crippen LogP contribution is -2.57. The summed E-state index contributed by atoms with van der Waals surface area (Å²) in [5.74, 6) is -5.64. The van der Waals surface area contributed by atoms with E-state index in [9.17, 15) is 42.8 Å². The van der Waals surface area contributed by atoms with Crippen molar-refractivity contribution in [3.63, 3.8) is 0 Å². The van der Waals surface area contributed by atoms with Crippen LogP contribution in [0.4, 0.5) is 24.5 Å². The molecule has 0 aliphatic carbocycles. The second-order valence-electron chi connectivity index (χ2n) is 11.1. The molecule has 6 rings (SSSR count). The van der Waals surface area contributed by atoms with E-state index >= 15 is 0 Å². The average molecular weight is 632 g/mol. The number of non-ortho nitro benzene ring substituents is 1. The smallest absolute Gasteiger partial charge is 0.416 e. The number of aliphatic carboxylic acids is 1. The summed E-state index contributed by atoms with van der Waals surface area (Å²) in [6.07, 6.45) is -4.77. The molecule has 4 unspecified atom stereocenters. The molecular formula is C33H24F3N3O7. The number of carbonyl (C=O) groups excluding carboxylic acids is 2. The molecule has 0 radical (unpaired) electrons. The number of imide groups is 1. The molecular weight excluding hydrogens is 607 g/mol. The minimum absolute atomic E-state index is 0.0713. The van der Waals surface area contributed by atoms with E-state index in [1.54, 1.807) is 36.4 Å². The molecule has 13 heteroatoms. The van der Waals surface area contributed by atoms with Gasteiger partial charge in [0.05, 0.1) is 28.0 Å². The zero-order valence-electron chi connectivity index (χ0n) is 23.7. The summed E-state index contributed by atoms with van der Waals surface area (Å²) < 4.78 is 45.5. The lowest BCUT2D eigenvalue weighted by molar-refractivity contribution is -0.384. The van der Waals surface area contributed by atoms with E-state index in [4.69, 9.17) is 4.74 Å². The first-order valence-electron chi connectivity index (χ1n) is 14.0. The number of benzene rings is 4. The molecule has 10 nitrogen and oxygen atoms in total.